The summed E-state index contributed by atoms with van der Waals surface area (Å²) in [6.07, 6.45) is 1.57. The summed E-state index contributed by atoms with van der Waals surface area (Å²) in [4.78, 5) is 4.15. The molecule has 0 aliphatic rings. The maximum atomic E-state index is 8.93. The Kier molecular flexibility index (Phi) is 2.58. The number of para-hydroxylation sites is 1. The second kappa shape index (κ2) is 4.25. The van der Waals surface area contributed by atoms with E-state index in [4.69, 9.17) is 19.8 Å². The molecule has 3 rings (SSSR count). The Morgan fingerprint density at radius 3 is 3.00 bits per heavy atom. The molecule has 2 heterocycles. The highest BCUT2D eigenvalue weighted by Gasteiger charge is 2.17. The van der Waals surface area contributed by atoms with E-state index in [1.54, 1.807) is 6.26 Å². The summed E-state index contributed by atoms with van der Waals surface area (Å²) in [6.45, 7) is -0.242. The van der Waals surface area contributed by atoms with Gasteiger partial charge in [0.15, 0.2) is 0 Å². The van der Waals surface area contributed by atoms with E-state index in [9.17, 15) is 0 Å². The molecule has 0 saturated heterocycles. The number of aliphatic hydroxyl groups excluding tert-OH is 1. The average Bonchev–Trinajstić information content (AvgIpc) is 3.03. The highest BCUT2D eigenvalue weighted by atomic mass is 16.5. The third-order valence-electron chi connectivity index (χ3n) is 2.68. The second-order valence-corrected chi connectivity index (χ2v) is 3.89. The van der Waals surface area contributed by atoms with Gasteiger partial charge in [0.1, 0.15) is 17.9 Å². The number of aliphatic hydroxyl groups is 1. The number of benzene rings is 1. The van der Waals surface area contributed by atoms with Crippen molar-refractivity contribution in [1.82, 2.24) is 10.1 Å². The zero-order chi connectivity index (χ0) is 12.5. The Morgan fingerprint density at radius 1 is 1.33 bits per heavy atom. The SMILES string of the molecule is N[C@H](CO)c1nc(-c2coc3ccccc23)no1. The second-order valence-electron chi connectivity index (χ2n) is 3.89. The van der Waals surface area contributed by atoms with Crippen molar-refractivity contribution >= 4 is 11.0 Å². The standard InChI is InChI=1S/C12H11N3O3/c13-9(5-16)12-14-11(15-18-12)8-6-17-10-4-2-1-3-7(8)10/h1-4,6,9,16H,5,13H2/t9-/m1/s1. The predicted octanol–water partition coefficient (Wildman–Crippen LogP) is 1.47. The summed E-state index contributed by atoms with van der Waals surface area (Å²) in [5.74, 6) is 0.608. The average molecular weight is 245 g/mol. The molecule has 1 atom stereocenters. The van der Waals surface area contributed by atoms with E-state index >= 15 is 0 Å². The van der Waals surface area contributed by atoms with Crippen LogP contribution in [0.4, 0.5) is 0 Å². The first-order valence-corrected chi connectivity index (χ1v) is 5.46. The van der Waals surface area contributed by atoms with Crippen molar-refractivity contribution in [2.75, 3.05) is 6.61 Å². The van der Waals surface area contributed by atoms with E-state index in [0.29, 0.717) is 5.82 Å². The van der Waals surface area contributed by atoms with Crippen molar-refractivity contribution in [2.45, 2.75) is 6.04 Å². The molecule has 0 saturated carbocycles. The first-order valence-electron chi connectivity index (χ1n) is 5.46. The van der Waals surface area contributed by atoms with E-state index in [2.05, 4.69) is 10.1 Å². The van der Waals surface area contributed by atoms with E-state index in [1.165, 1.54) is 0 Å². The fourth-order valence-corrected chi connectivity index (χ4v) is 1.72. The maximum Gasteiger partial charge on any atom is 0.246 e. The van der Waals surface area contributed by atoms with Gasteiger partial charge in [-0.25, -0.2) is 0 Å². The molecule has 0 radical (unpaired) electrons. The fraction of sp³-hybridized carbons (Fsp3) is 0.167. The minimum Gasteiger partial charge on any atom is -0.464 e. The van der Waals surface area contributed by atoms with Crippen LogP contribution in [0.3, 0.4) is 0 Å². The van der Waals surface area contributed by atoms with Crippen LogP contribution >= 0.6 is 0 Å². The molecule has 1 aromatic carbocycles. The van der Waals surface area contributed by atoms with Gasteiger partial charge in [-0.15, -0.1) is 0 Å². The van der Waals surface area contributed by atoms with Crippen molar-refractivity contribution in [3.63, 3.8) is 0 Å². The van der Waals surface area contributed by atoms with Crippen molar-refractivity contribution in [2.24, 2.45) is 5.73 Å². The van der Waals surface area contributed by atoms with Gasteiger partial charge < -0.3 is 19.8 Å². The molecule has 6 nitrogen and oxygen atoms in total. The molecule has 0 spiro atoms. The molecule has 2 aromatic heterocycles. The number of furan rings is 1. The molecule has 92 valence electrons. The van der Waals surface area contributed by atoms with Gasteiger partial charge in [-0.3, -0.25) is 0 Å². The van der Waals surface area contributed by atoms with E-state index in [0.717, 1.165) is 16.5 Å². The quantitative estimate of drug-likeness (QED) is 0.725. The molecule has 0 aliphatic carbocycles. The number of aromatic nitrogens is 2. The lowest BCUT2D eigenvalue weighted by Crippen LogP contribution is -2.14. The molecule has 3 N–H and O–H groups in total. The van der Waals surface area contributed by atoms with E-state index < -0.39 is 6.04 Å². The van der Waals surface area contributed by atoms with Crippen molar-refractivity contribution in [3.05, 3.63) is 36.4 Å². The predicted molar refractivity (Wildman–Crippen MR) is 63.5 cm³/mol. The lowest BCUT2D eigenvalue weighted by molar-refractivity contribution is 0.237. The van der Waals surface area contributed by atoms with Gasteiger partial charge in [0.2, 0.25) is 11.7 Å². The monoisotopic (exact) mass is 245 g/mol. The van der Waals surface area contributed by atoms with Gasteiger partial charge in [0, 0.05) is 5.39 Å². The lowest BCUT2D eigenvalue weighted by atomic mass is 10.2. The Bertz CT molecular complexity index is 674. The number of hydrogen-bond acceptors (Lipinski definition) is 6. The van der Waals surface area contributed by atoms with Crippen LogP contribution in [-0.2, 0) is 0 Å². The molecule has 18 heavy (non-hydrogen) atoms. The zero-order valence-electron chi connectivity index (χ0n) is 9.41. The molecule has 0 fully saturated rings. The van der Waals surface area contributed by atoms with Gasteiger partial charge in [-0.2, -0.15) is 4.98 Å². The molecule has 6 heteroatoms. The van der Waals surface area contributed by atoms with Crippen LogP contribution in [0.2, 0.25) is 0 Å². The van der Waals surface area contributed by atoms with Gasteiger partial charge in [-0.05, 0) is 6.07 Å². The summed E-state index contributed by atoms with van der Waals surface area (Å²) < 4.78 is 10.4. The Hall–Kier alpha value is -2.18. The summed E-state index contributed by atoms with van der Waals surface area (Å²) in [6, 6.07) is 6.90. The van der Waals surface area contributed by atoms with E-state index in [-0.39, 0.29) is 12.5 Å². The number of hydrogen-bond donors (Lipinski definition) is 2. The van der Waals surface area contributed by atoms with Crippen LogP contribution in [0.1, 0.15) is 11.9 Å². The number of rotatable bonds is 3. The Balaban J connectivity index is 2.07. The first-order chi connectivity index (χ1) is 8.79. The lowest BCUT2D eigenvalue weighted by Gasteiger charge is -1.98. The number of nitrogens with two attached hydrogens (primary N) is 1. The minimum absolute atomic E-state index is 0.206. The zero-order valence-corrected chi connectivity index (χ0v) is 9.41. The fourth-order valence-electron chi connectivity index (χ4n) is 1.72. The van der Waals surface area contributed by atoms with Gasteiger partial charge in [0.05, 0.1) is 12.2 Å². The van der Waals surface area contributed by atoms with Crippen molar-refractivity contribution < 1.29 is 14.0 Å². The molecule has 0 aliphatic heterocycles. The van der Waals surface area contributed by atoms with Crippen LogP contribution in [0.5, 0.6) is 0 Å². The van der Waals surface area contributed by atoms with Crippen molar-refractivity contribution in [1.29, 1.82) is 0 Å². The van der Waals surface area contributed by atoms with Crippen LogP contribution in [0.15, 0.2) is 39.5 Å². The van der Waals surface area contributed by atoms with E-state index in [1.807, 2.05) is 24.3 Å². The third kappa shape index (κ3) is 1.68. The largest absolute Gasteiger partial charge is 0.464 e. The van der Waals surface area contributed by atoms with Crippen LogP contribution < -0.4 is 5.73 Å². The van der Waals surface area contributed by atoms with Crippen LogP contribution in [0.25, 0.3) is 22.4 Å². The smallest absolute Gasteiger partial charge is 0.246 e. The summed E-state index contributed by atoms with van der Waals surface area (Å²) in [5, 5.41) is 13.7. The number of nitrogens with zero attached hydrogens (tertiary/aromatic N) is 2. The molecule has 0 unspecified atom stereocenters. The Labute approximate surface area is 102 Å². The van der Waals surface area contributed by atoms with Crippen LogP contribution in [-0.4, -0.2) is 21.9 Å². The molecule has 3 aromatic rings. The first kappa shape index (κ1) is 10.9. The summed E-state index contributed by atoms with van der Waals surface area (Å²) in [7, 11) is 0. The molecular formula is C12H11N3O3. The topological polar surface area (TPSA) is 98.3 Å². The highest BCUT2D eigenvalue weighted by Crippen LogP contribution is 2.28. The molecular weight excluding hydrogens is 234 g/mol. The number of fused-ring (bicyclic) bond motifs is 1. The Morgan fingerprint density at radius 2 is 2.17 bits per heavy atom. The summed E-state index contributed by atoms with van der Waals surface area (Å²) >= 11 is 0. The maximum absolute atomic E-state index is 8.93. The van der Waals surface area contributed by atoms with Gasteiger partial charge in [0.25, 0.3) is 0 Å². The molecule has 0 amide bonds. The van der Waals surface area contributed by atoms with Gasteiger partial charge in [-0.1, -0.05) is 23.4 Å². The minimum atomic E-state index is -0.663. The third-order valence-corrected chi connectivity index (χ3v) is 2.68. The highest BCUT2D eigenvalue weighted by molar-refractivity contribution is 5.91. The van der Waals surface area contributed by atoms with Crippen molar-refractivity contribution in [3.8, 4) is 11.4 Å². The van der Waals surface area contributed by atoms with Gasteiger partial charge >= 0.3 is 0 Å². The summed E-state index contributed by atoms with van der Waals surface area (Å²) in [5.41, 5.74) is 7.10. The normalized spacial score (nSPS) is 13.0. The molecule has 0 bridgehead atoms. The van der Waals surface area contributed by atoms with Crippen LogP contribution in [0, 0.1) is 0 Å².